The molecule has 0 spiro atoms. The summed E-state index contributed by atoms with van der Waals surface area (Å²) in [5, 5.41) is 6.77. The lowest BCUT2D eigenvalue weighted by Gasteiger charge is -2.34. The number of rotatable bonds is 7. The molecular formula is C20H23N5O3S2. The summed E-state index contributed by atoms with van der Waals surface area (Å²) in [5.74, 6) is 0.911. The van der Waals surface area contributed by atoms with Crippen LogP contribution in [0.15, 0.2) is 39.2 Å². The molecule has 1 N–H and O–H groups in total. The van der Waals surface area contributed by atoms with Crippen LogP contribution in [0, 0.1) is 6.92 Å². The summed E-state index contributed by atoms with van der Waals surface area (Å²) < 4.78 is 7.03. The van der Waals surface area contributed by atoms with Crippen molar-refractivity contribution >= 4 is 45.1 Å². The minimum Gasteiger partial charge on any atom is -0.361 e. The van der Waals surface area contributed by atoms with Gasteiger partial charge in [-0.1, -0.05) is 29.1 Å². The van der Waals surface area contributed by atoms with Crippen LogP contribution in [0.2, 0.25) is 0 Å². The van der Waals surface area contributed by atoms with E-state index in [1.165, 1.54) is 11.8 Å². The lowest BCUT2D eigenvalue weighted by molar-refractivity contribution is -0.118. The molecule has 2 aromatic heterocycles. The first-order valence-electron chi connectivity index (χ1n) is 9.78. The van der Waals surface area contributed by atoms with Crippen molar-refractivity contribution in [2.24, 2.45) is 0 Å². The van der Waals surface area contributed by atoms with Crippen LogP contribution in [0.4, 0.5) is 0 Å². The lowest BCUT2D eigenvalue weighted by Crippen LogP contribution is -2.50. The molecule has 1 aliphatic heterocycles. The van der Waals surface area contributed by atoms with Crippen molar-refractivity contribution in [3.63, 3.8) is 0 Å². The molecule has 1 fully saturated rings. The highest BCUT2D eigenvalue weighted by atomic mass is 32.2. The van der Waals surface area contributed by atoms with Gasteiger partial charge < -0.3 is 14.7 Å². The van der Waals surface area contributed by atoms with Crippen LogP contribution in [-0.4, -0.2) is 76.8 Å². The van der Waals surface area contributed by atoms with Gasteiger partial charge in [0.05, 0.1) is 16.0 Å². The summed E-state index contributed by atoms with van der Waals surface area (Å²) in [5.41, 5.74) is 1.33. The zero-order valence-electron chi connectivity index (χ0n) is 16.7. The second-order valence-electron chi connectivity index (χ2n) is 7.04. The predicted octanol–water partition coefficient (Wildman–Crippen LogP) is 2.26. The van der Waals surface area contributed by atoms with Gasteiger partial charge in [0, 0.05) is 45.3 Å². The third-order valence-corrected chi connectivity index (χ3v) is 7.04. The highest BCUT2D eigenvalue weighted by molar-refractivity contribution is 8.01. The zero-order chi connectivity index (χ0) is 20.9. The molecule has 2 amide bonds. The molecule has 3 heterocycles. The summed E-state index contributed by atoms with van der Waals surface area (Å²) >= 11 is 3.08. The number of para-hydroxylation sites is 1. The van der Waals surface area contributed by atoms with E-state index in [4.69, 9.17) is 4.52 Å². The number of nitrogens with one attached hydrogen (secondary N) is 1. The molecule has 30 heavy (non-hydrogen) atoms. The van der Waals surface area contributed by atoms with Crippen LogP contribution >= 0.6 is 23.1 Å². The van der Waals surface area contributed by atoms with Crippen molar-refractivity contribution in [2.45, 2.75) is 11.3 Å². The number of carbonyl (C=O) groups is 2. The third-order valence-electron chi connectivity index (χ3n) is 4.86. The van der Waals surface area contributed by atoms with Crippen LogP contribution < -0.4 is 5.32 Å². The summed E-state index contributed by atoms with van der Waals surface area (Å²) in [6.07, 6.45) is 0. The standard InChI is InChI=1S/C20H23N5O3S2/c1-14-12-16(23-28-14)19(27)25-10-8-24(9-11-25)7-6-21-18(26)13-29-20-22-15-4-2-3-5-17(15)30-20/h2-5,12H,6-11,13H2,1H3,(H,21,26). The maximum absolute atomic E-state index is 12.4. The Balaban J connectivity index is 1.13. The maximum atomic E-state index is 12.4. The number of thiazole rings is 1. The molecule has 8 nitrogen and oxygen atoms in total. The van der Waals surface area contributed by atoms with Gasteiger partial charge in [0.2, 0.25) is 5.91 Å². The van der Waals surface area contributed by atoms with Gasteiger partial charge in [0.25, 0.3) is 5.91 Å². The lowest BCUT2D eigenvalue weighted by atomic mass is 10.2. The smallest absolute Gasteiger partial charge is 0.276 e. The minimum absolute atomic E-state index is 0.00877. The largest absolute Gasteiger partial charge is 0.361 e. The Morgan fingerprint density at radius 3 is 2.77 bits per heavy atom. The normalized spacial score (nSPS) is 14.9. The number of aromatic nitrogens is 2. The number of aryl methyl sites for hydroxylation is 1. The Kier molecular flexibility index (Phi) is 6.66. The van der Waals surface area contributed by atoms with Gasteiger partial charge in [-0.3, -0.25) is 14.5 Å². The molecule has 1 saturated heterocycles. The topological polar surface area (TPSA) is 91.6 Å². The van der Waals surface area contributed by atoms with Crippen LogP contribution in [0.25, 0.3) is 10.2 Å². The third kappa shape index (κ3) is 5.18. The molecule has 1 aromatic carbocycles. The van der Waals surface area contributed by atoms with E-state index in [2.05, 4.69) is 20.4 Å². The van der Waals surface area contributed by atoms with Gasteiger partial charge in [0.1, 0.15) is 5.76 Å². The van der Waals surface area contributed by atoms with Gasteiger partial charge in [-0.25, -0.2) is 4.98 Å². The molecule has 10 heteroatoms. The van der Waals surface area contributed by atoms with Gasteiger partial charge in [-0.05, 0) is 19.1 Å². The second-order valence-corrected chi connectivity index (χ2v) is 9.30. The number of thioether (sulfide) groups is 1. The summed E-state index contributed by atoms with van der Waals surface area (Å²) in [7, 11) is 0. The van der Waals surface area contributed by atoms with Crippen molar-refractivity contribution in [3.8, 4) is 0 Å². The summed E-state index contributed by atoms with van der Waals surface area (Å²) in [6.45, 7) is 5.97. The van der Waals surface area contributed by atoms with E-state index in [1.807, 2.05) is 24.3 Å². The van der Waals surface area contributed by atoms with E-state index >= 15 is 0 Å². The Morgan fingerprint density at radius 1 is 1.23 bits per heavy atom. The molecular weight excluding hydrogens is 422 g/mol. The fourth-order valence-corrected chi connectivity index (χ4v) is 5.15. The highest BCUT2D eigenvalue weighted by Gasteiger charge is 2.24. The molecule has 0 unspecified atom stereocenters. The molecule has 0 aliphatic carbocycles. The minimum atomic E-state index is -0.0910. The number of nitrogens with zero attached hydrogens (tertiary/aromatic N) is 4. The van der Waals surface area contributed by atoms with E-state index in [0.717, 1.165) is 34.2 Å². The number of amides is 2. The number of carbonyl (C=O) groups excluding carboxylic acids is 2. The Morgan fingerprint density at radius 2 is 2.03 bits per heavy atom. The van der Waals surface area contributed by atoms with E-state index in [-0.39, 0.29) is 11.8 Å². The quantitative estimate of drug-likeness (QED) is 0.558. The molecule has 3 aromatic rings. The average Bonchev–Trinajstić information content (AvgIpc) is 3.38. The van der Waals surface area contributed by atoms with E-state index in [1.54, 1.807) is 29.2 Å². The molecule has 0 bridgehead atoms. The molecule has 0 radical (unpaired) electrons. The number of hydrogen-bond donors (Lipinski definition) is 1. The summed E-state index contributed by atoms with van der Waals surface area (Å²) in [4.78, 5) is 33.1. The molecule has 1 aliphatic rings. The zero-order valence-corrected chi connectivity index (χ0v) is 18.3. The average molecular weight is 446 g/mol. The molecule has 4 rings (SSSR count). The highest BCUT2D eigenvalue weighted by Crippen LogP contribution is 2.28. The SMILES string of the molecule is Cc1cc(C(=O)N2CCN(CCNC(=O)CSc3nc4ccccc4s3)CC2)no1. The fraction of sp³-hybridized carbons (Fsp3) is 0.400. The fourth-order valence-electron chi connectivity index (χ4n) is 3.25. The Hall–Kier alpha value is -2.43. The van der Waals surface area contributed by atoms with Crippen LogP contribution in [0.1, 0.15) is 16.2 Å². The van der Waals surface area contributed by atoms with Crippen molar-refractivity contribution in [1.82, 2.24) is 25.3 Å². The monoisotopic (exact) mass is 445 g/mol. The van der Waals surface area contributed by atoms with Gasteiger partial charge in [-0.2, -0.15) is 0 Å². The molecule has 158 valence electrons. The van der Waals surface area contributed by atoms with Crippen molar-refractivity contribution in [1.29, 1.82) is 0 Å². The number of piperazine rings is 1. The van der Waals surface area contributed by atoms with Gasteiger partial charge >= 0.3 is 0 Å². The van der Waals surface area contributed by atoms with Crippen molar-refractivity contribution in [3.05, 3.63) is 41.8 Å². The predicted molar refractivity (Wildman–Crippen MR) is 117 cm³/mol. The van der Waals surface area contributed by atoms with E-state index < -0.39 is 0 Å². The van der Waals surface area contributed by atoms with Gasteiger partial charge in [-0.15, -0.1) is 11.3 Å². The number of benzene rings is 1. The first-order valence-corrected chi connectivity index (χ1v) is 11.6. The van der Waals surface area contributed by atoms with Crippen molar-refractivity contribution < 1.29 is 14.1 Å². The number of hydrogen-bond acceptors (Lipinski definition) is 8. The van der Waals surface area contributed by atoms with Crippen molar-refractivity contribution in [2.75, 3.05) is 45.0 Å². The van der Waals surface area contributed by atoms with E-state index in [0.29, 0.717) is 36.8 Å². The van der Waals surface area contributed by atoms with Gasteiger partial charge in [0.15, 0.2) is 10.0 Å². The van der Waals surface area contributed by atoms with Crippen LogP contribution in [0.5, 0.6) is 0 Å². The maximum Gasteiger partial charge on any atom is 0.276 e. The second kappa shape index (κ2) is 9.59. The van der Waals surface area contributed by atoms with Crippen LogP contribution in [0.3, 0.4) is 0 Å². The Bertz CT molecular complexity index is 993. The Labute approximate surface area is 182 Å². The molecule has 0 saturated carbocycles. The number of fused-ring (bicyclic) bond motifs is 1. The van der Waals surface area contributed by atoms with Crippen LogP contribution in [-0.2, 0) is 4.79 Å². The first kappa shape index (κ1) is 20.8. The first-order chi connectivity index (χ1) is 14.6. The molecule has 0 atom stereocenters. The van der Waals surface area contributed by atoms with E-state index in [9.17, 15) is 9.59 Å². The summed E-state index contributed by atoms with van der Waals surface area (Å²) in [6, 6.07) is 9.64.